The lowest BCUT2D eigenvalue weighted by Gasteiger charge is -2.33. The Morgan fingerprint density at radius 3 is 2.00 bits per heavy atom. The molecule has 0 saturated carbocycles. The minimum absolute atomic E-state index is 0.228. The van der Waals surface area contributed by atoms with Crippen LogP contribution < -0.4 is 4.90 Å². The Labute approximate surface area is 267 Å². The van der Waals surface area contributed by atoms with Gasteiger partial charge in [-0.2, -0.15) is 0 Å². The van der Waals surface area contributed by atoms with Crippen molar-refractivity contribution in [1.82, 2.24) is 0 Å². The van der Waals surface area contributed by atoms with Crippen LogP contribution in [0, 0.1) is 0 Å². The van der Waals surface area contributed by atoms with Gasteiger partial charge in [-0.05, 0) is 60.0 Å². The van der Waals surface area contributed by atoms with Crippen molar-refractivity contribution < 1.29 is 8.83 Å². The number of hydrogen-bond donors (Lipinski definition) is 0. The van der Waals surface area contributed by atoms with Crippen molar-refractivity contribution in [2.75, 3.05) is 4.90 Å². The van der Waals surface area contributed by atoms with Gasteiger partial charge in [-0.15, -0.1) is 0 Å². The monoisotopic (exact) mass is 593 g/mol. The number of para-hydroxylation sites is 3. The standard InChI is InChI=1S/C43H31NO2/c1-43(36-16-9-15-34-33-13-5-7-18-38(33)46-42(34)36)27-25-32(26-28-43)44(31-23-21-30(22-24-31)29-11-3-2-4-12-29)37-17-10-20-40-41(37)35-14-6-8-19-39(35)45-40/h2-27H,28H2,1H3. The number of fused-ring (bicyclic) bond motifs is 6. The van der Waals surface area contributed by atoms with Crippen LogP contribution in [-0.4, -0.2) is 0 Å². The number of benzene rings is 6. The molecule has 2 heterocycles. The van der Waals surface area contributed by atoms with Gasteiger partial charge in [0.15, 0.2) is 0 Å². The highest BCUT2D eigenvalue weighted by Gasteiger charge is 2.31. The molecule has 2 aromatic heterocycles. The third kappa shape index (κ3) is 4.20. The predicted molar refractivity (Wildman–Crippen MR) is 191 cm³/mol. The van der Waals surface area contributed by atoms with Crippen LogP contribution in [0.4, 0.5) is 11.4 Å². The maximum atomic E-state index is 6.47. The van der Waals surface area contributed by atoms with Crippen LogP contribution in [0.15, 0.2) is 172 Å². The van der Waals surface area contributed by atoms with Gasteiger partial charge >= 0.3 is 0 Å². The number of hydrogen-bond acceptors (Lipinski definition) is 3. The Balaban J connectivity index is 1.17. The Hall–Kier alpha value is -5.80. The smallest absolute Gasteiger partial charge is 0.139 e. The molecule has 0 amide bonds. The highest BCUT2D eigenvalue weighted by molar-refractivity contribution is 6.13. The Bertz CT molecular complexity index is 2460. The van der Waals surface area contributed by atoms with Crippen LogP contribution in [0.2, 0.25) is 0 Å². The molecule has 1 unspecified atom stereocenters. The quantitative estimate of drug-likeness (QED) is 0.199. The van der Waals surface area contributed by atoms with Gasteiger partial charge in [0.25, 0.3) is 0 Å². The van der Waals surface area contributed by atoms with E-state index in [-0.39, 0.29) is 5.41 Å². The molecule has 1 aliphatic rings. The molecular formula is C43H31NO2. The topological polar surface area (TPSA) is 29.5 Å². The number of rotatable bonds is 5. The van der Waals surface area contributed by atoms with Crippen LogP contribution in [0.3, 0.4) is 0 Å². The number of anilines is 2. The third-order valence-corrected chi connectivity index (χ3v) is 9.49. The summed E-state index contributed by atoms with van der Waals surface area (Å²) in [4.78, 5) is 2.37. The van der Waals surface area contributed by atoms with Gasteiger partial charge < -0.3 is 13.7 Å². The van der Waals surface area contributed by atoms with Gasteiger partial charge in [-0.25, -0.2) is 0 Å². The lowest BCUT2D eigenvalue weighted by molar-refractivity contribution is 0.577. The largest absolute Gasteiger partial charge is 0.456 e. The highest BCUT2D eigenvalue weighted by atomic mass is 16.3. The summed E-state index contributed by atoms with van der Waals surface area (Å²) in [5, 5.41) is 4.54. The van der Waals surface area contributed by atoms with E-state index in [9.17, 15) is 0 Å². The van der Waals surface area contributed by atoms with E-state index in [2.05, 4.69) is 151 Å². The molecule has 8 aromatic rings. The van der Waals surface area contributed by atoms with Crippen LogP contribution in [-0.2, 0) is 5.41 Å². The molecule has 0 radical (unpaired) electrons. The molecule has 46 heavy (non-hydrogen) atoms. The van der Waals surface area contributed by atoms with E-state index in [0.29, 0.717) is 0 Å². The maximum Gasteiger partial charge on any atom is 0.139 e. The third-order valence-electron chi connectivity index (χ3n) is 9.49. The summed E-state index contributed by atoms with van der Waals surface area (Å²) < 4.78 is 12.8. The molecule has 0 fully saturated rings. The summed E-state index contributed by atoms with van der Waals surface area (Å²) in [7, 11) is 0. The molecule has 9 rings (SSSR count). The van der Waals surface area contributed by atoms with Crippen molar-refractivity contribution in [2.24, 2.45) is 0 Å². The molecule has 6 aromatic carbocycles. The Morgan fingerprint density at radius 2 is 1.22 bits per heavy atom. The molecule has 0 aliphatic heterocycles. The highest BCUT2D eigenvalue weighted by Crippen LogP contribution is 2.45. The average Bonchev–Trinajstić information content (AvgIpc) is 3.69. The second-order valence-electron chi connectivity index (χ2n) is 12.4. The first kappa shape index (κ1) is 26.6. The van der Waals surface area contributed by atoms with E-state index in [1.54, 1.807) is 0 Å². The molecule has 0 spiro atoms. The summed E-state index contributed by atoms with van der Waals surface area (Å²) >= 11 is 0. The van der Waals surface area contributed by atoms with Gasteiger partial charge in [0.05, 0.1) is 11.1 Å². The summed E-state index contributed by atoms with van der Waals surface area (Å²) in [5.41, 5.74) is 10.3. The van der Waals surface area contributed by atoms with Crippen LogP contribution in [0.5, 0.6) is 0 Å². The zero-order valence-corrected chi connectivity index (χ0v) is 25.5. The average molecular weight is 594 g/mol. The molecule has 1 atom stereocenters. The second-order valence-corrected chi connectivity index (χ2v) is 12.4. The van der Waals surface area contributed by atoms with Gasteiger partial charge in [0.2, 0.25) is 0 Å². The second kappa shape index (κ2) is 10.4. The van der Waals surface area contributed by atoms with E-state index < -0.39 is 0 Å². The predicted octanol–water partition coefficient (Wildman–Crippen LogP) is 12.1. The van der Waals surface area contributed by atoms with Gasteiger partial charge in [0, 0.05) is 38.5 Å². The first-order chi connectivity index (χ1) is 22.7. The number of nitrogens with zero attached hydrogens (tertiary/aromatic N) is 1. The minimum atomic E-state index is -0.228. The lowest BCUT2D eigenvalue weighted by atomic mass is 9.76. The van der Waals surface area contributed by atoms with Crippen LogP contribution in [0.1, 0.15) is 18.9 Å². The summed E-state index contributed by atoms with van der Waals surface area (Å²) in [6, 6.07) is 48.9. The van der Waals surface area contributed by atoms with Crippen LogP contribution >= 0.6 is 0 Å². The molecule has 0 bridgehead atoms. The summed E-state index contributed by atoms with van der Waals surface area (Å²) in [6.45, 7) is 2.31. The summed E-state index contributed by atoms with van der Waals surface area (Å²) in [6.07, 6.45) is 7.82. The van der Waals surface area contributed by atoms with E-state index in [0.717, 1.165) is 67.4 Å². The molecule has 0 N–H and O–H groups in total. The number of furan rings is 2. The molecule has 3 nitrogen and oxygen atoms in total. The van der Waals surface area contributed by atoms with Crippen molar-refractivity contribution in [2.45, 2.75) is 18.8 Å². The first-order valence-electron chi connectivity index (χ1n) is 15.8. The zero-order valence-electron chi connectivity index (χ0n) is 25.5. The van der Waals surface area contributed by atoms with Crippen LogP contribution in [0.25, 0.3) is 55.0 Å². The van der Waals surface area contributed by atoms with E-state index in [4.69, 9.17) is 8.83 Å². The van der Waals surface area contributed by atoms with Gasteiger partial charge in [-0.1, -0.05) is 122 Å². The van der Waals surface area contributed by atoms with Crippen molar-refractivity contribution >= 4 is 55.3 Å². The molecule has 1 aliphatic carbocycles. The van der Waals surface area contributed by atoms with Gasteiger partial charge in [0.1, 0.15) is 22.3 Å². The SMILES string of the molecule is CC1(c2cccc3c2oc2ccccc23)C=CC(N(c2ccc(-c3ccccc3)cc2)c2cccc3oc4ccccc4c23)=CC1. The van der Waals surface area contributed by atoms with Crippen molar-refractivity contribution in [1.29, 1.82) is 0 Å². The fourth-order valence-corrected chi connectivity index (χ4v) is 7.09. The first-order valence-corrected chi connectivity index (χ1v) is 15.8. The zero-order chi connectivity index (χ0) is 30.7. The van der Waals surface area contributed by atoms with E-state index in [1.165, 1.54) is 16.7 Å². The van der Waals surface area contributed by atoms with E-state index in [1.807, 2.05) is 18.2 Å². The fourth-order valence-electron chi connectivity index (χ4n) is 7.09. The van der Waals surface area contributed by atoms with Crippen molar-refractivity contribution in [3.63, 3.8) is 0 Å². The molecule has 3 heteroatoms. The summed E-state index contributed by atoms with van der Waals surface area (Å²) in [5.74, 6) is 0. The van der Waals surface area contributed by atoms with Gasteiger partial charge in [-0.3, -0.25) is 0 Å². The molecule has 0 saturated heterocycles. The van der Waals surface area contributed by atoms with E-state index >= 15 is 0 Å². The molecular weight excluding hydrogens is 562 g/mol. The minimum Gasteiger partial charge on any atom is -0.456 e. The Morgan fingerprint density at radius 1 is 0.565 bits per heavy atom. The lowest BCUT2D eigenvalue weighted by Crippen LogP contribution is -2.24. The fraction of sp³-hybridized carbons (Fsp3) is 0.0698. The number of allylic oxidation sites excluding steroid dienone is 3. The maximum absolute atomic E-state index is 6.47. The van der Waals surface area contributed by atoms with Crippen molar-refractivity contribution in [3.05, 3.63) is 169 Å². The normalized spacial score (nSPS) is 16.4. The van der Waals surface area contributed by atoms with Crippen molar-refractivity contribution in [3.8, 4) is 11.1 Å². The Kier molecular flexibility index (Phi) is 6.01. The molecule has 220 valence electrons.